The maximum absolute atomic E-state index is 13.2. The lowest BCUT2D eigenvalue weighted by atomic mass is 10.0. The van der Waals surface area contributed by atoms with E-state index in [9.17, 15) is 18.3 Å². The summed E-state index contributed by atoms with van der Waals surface area (Å²) in [5, 5.41) is 13.4. The van der Waals surface area contributed by atoms with Gasteiger partial charge in [0.25, 0.3) is 0 Å². The quantitative estimate of drug-likeness (QED) is 0.653. The van der Waals surface area contributed by atoms with Crippen LogP contribution in [0.1, 0.15) is 5.56 Å². The Morgan fingerprint density at radius 3 is 2.31 bits per heavy atom. The Morgan fingerprint density at radius 1 is 1.04 bits per heavy atom. The van der Waals surface area contributed by atoms with E-state index in [1.54, 1.807) is 37.4 Å². The first-order chi connectivity index (χ1) is 12.3. The predicted octanol–water partition coefficient (Wildman–Crippen LogP) is 5.39. The summed E-state index contributed by atoms with van der Waals surface area (Å²) in [7, 11) is 2.84. The lowest BCUT2D eigenvalue weighted by molar-refractivity contribution is -0.137. The first-order valence-electron chi connectivity index (χ1n) is 7.70. The SMILES string of the molecule is CNc1oc(-c2ccccc2)c(O)c1-c1cc(OC)cc(C(F)(F)F)c1. The molecule has 2 aromatic carbocycles. The van der Waals surface area contributed by atoms with E-state index in [4.69, 9.17) is 9.15 Å². The number of aromatic hydroxyl groups is 1. The van der Waals surface area contributed by atoms with Gasteiger partial charge in [-0.05, 0) is 23.8 Å². The van der Waals surface area contributed by atoms with Gasteiger partial charge in [0, 0.05) is 12.6 Å². The van der Waals surface area contributed by atoms with E-state index in [1.165, 1.54) is 13.2 Å². The molecule has 7 heteroatoms. The van der Waals surface area contributed by atoms with Crippen molar-refractivity contribution in [2.75, 3.05) is 19.5 Å². The molecule has 26 heavy (non-hydrogen) atoms. The van der Waals surface area contributed by atoms with Crippen molar-refractivity contribution in [3.05, 3.63) is 54.1 Å². The number of nitrogens with one attached hydrogen (secondary N) is 1. The molecule has 0 atom stereocenters. The van der Waals surface area contributed by atoms with E-state index in [-0.39, 0.29) is 34.3 Å². The molecule has 3 aromatic rings. The molecular formula is C19H16F3NO3. The maximum atomic E-state index is 13.2. The average molecular weight is 363 g/mol. The molecule has 0 fully saturated rings. The number of methoxy groups -OCH3 is 1. The van der Waals surface area contributed by atoms with Gasteiger partial charge in [-0.3, -0.25) is 0 Å². The molecule has 3 rings (SSSR count). The van der Waals surface area contributed by atoms with Gasteiger partial charge in [-0.1, -0.05) is 30.3 Å². The second-order valence-corrected chi connectivity index (χ2v) is 5.55. The fraction of sp³-hybridized carbons (Fsp3) is 0.158. The van der Waals surface area contributed by atoms with Gasteiger partial charge in [-0.15, -0.1) is 0 Å². The monoisotopic (exact) mass is 363 g/mol. The minimum absolute atomic E-state index is 0.0266. The van der Waals surface area contributed by atoms with Gasteiger partial charge < -0.3 is 19.6 Å². The van der Waals surface area contributed by atoms with E-state index < -0.39 is 11.7 Å². The van der Waals surface area contributed by atoms with Crippen molar-refractivity contribution in [1.82, 2.24) is 0 Å². The van der Waals surface area contributed by atoms with E-state index in [0.717, 1.165) is 12.1 Å². The van der Waals surface area contributed by atoms with Crippen LogP contribution in [0.4, 0.5) is 19.1 Å². The smallest absolute Gasteiger partial charge is 0.416 e. The Kier molecular flexibility index (Phi) is 4.54. The molecule has 0 amide bonds. The molecule has 4 nitrogen and oxygen atoms in total. The van der Waals surface area contributed by atoms with Gasteiger partial charge in [0.1, 0.15) is 5.75 Å². The molecule has 0 radical (unpaired) electrons. The molecule has 2 N–H and O–H groups in total. The van der Waals surface area contributed by atoms with Crippen molar-refractivity contribution in [3.63, 3.8) is 0 Å². The number of halogens is 3. The summed E-state index contributed by atoms with van der Waals surface area (Å²) in [6.45, 7) is 0. The van der Waals surface area contributed by atoms with Crippen molar-refractivity contribution >= 4 is 5.88 Å². The maximum Gasteiger partial charge on any atom is 0.416 e. The normalized spacial score (nSPS) is 11.4. The number of ether oxygens (including phenoxy) is 1. The zero-order chi connectivity index (χ0) is 18.9. The molecule has 1 aromatic heterocycles. The fourth-order valence-corrected chi connectivity index (χ4v) is 2.68. The number of furan rings is 1. The van der Waals surface area contributed by atoms with Crippen LogP contribution in [0.15, 0.2) is 52.9 Å². The minimum atomic E-state index is -4.55. The fourth-order valence-electron chi connectivity index (χ4n) is 2.68. The van der Waals surface area contributed by atoms with Gasteiger partial charge in [-0.2, -0.15) is 13.2 Å². The molecule has 1 heterocycles. The summed E-state index contributed by atoms with van der Waals surface area (Å²) in [6, 6.07) is 12.1. The molecule has 0 aliphatic heterocycles. The molecule has 0 saturated carbocycles. The van der Waals surface area contributed by atoms with Crippen molar-refractivity contribution in [2.45, 2.75) is 6.18 Å². The Labute approximate surface area is 147 Å². The van der Waals surface area contributed by atoms with Gasteiger partial charge in [0.2, 0.25) is 5.88 Å². The van der Waals surface area contributed by atoms with Crippen LogP contribution in [0, 0.1) is 0 Å². The summed E-state index contributed by atoms with van der Waals surface area (Å²) >= 11 is 0. The summed E-state index contributed by atoms with van der Waals surface area (Å²) in [4.78, 5) is 0. The lowest BCUT2D eigenvalue weighted by Crippen LogP contribution is -2.05. The lowest BCUT2D eigenvalue weighted by Gasteiger charge is -2.12. The van der Waals surface area contributed by atoms with E-state index >= 15 is 0 Å². The van der Waals surface area contributed by atoms with Crippen molar-refractivity contribution in [2.24, 2.45) is 0 Å². The predicted molar refractivity (Wildman–Crippen MR) is 92.3 cm³/mol. The molecule has 0 bridgehead atoms. The van der Waals surface area contributed by atoms with E-state index in [0.29, 0.717) is 5.56 Å². The highest BCUT2D eigenvalue weighted by molar-refractivity contribution is 5.87. The van der Waals surface area contributed by atoms with Crippen LogP contribution in [0.5, 0.6) is 11.5 Å². The Hall–Kier alpha value is -3.09. The second kappa shape index (κ2) is 6.67. The molecule has 136 valence electrons. The van der Waals surface area contributed by atoms with Crippen LogP contribution in [0.25, 0.3) is 22.5 Å². The zero-order valence-corrected chi connectivity index (χ0v) is 14.0. The average Bonchev–Trinajstić information content (AvgIpc) is 2.97. The zero-order valence-electron chi connectivity index (χ0n) is 14.0. The minimum Gasteiger partial charge on any atom is -0.504 e. The number of rotatable bonds is 4. The van der Waals surface area contributed by atoms with Gasteiger partial charge in [0.15, 0.2) is 11.5 Å². The van der Waals surface area contributed by atoms with Crippen LogP contribution in [-0.2, 0) is 6.18 Å². The van der Waals surface area contributed by atoms with Gasteiger partial charge in [-0.25, -0.2) is 0 Å². The topological polar surface area (TPSA) is 54.6 Å². The molecule has 0 aliphatic rings. The summed E-state index contributed by atoms with van der Waals surface area (Å²) in [6.07, 6.45) is -4.55. The summed E-state index contributed by atoms with van der Waals surface area (Å²) in [5.74, 6) is 0.102. The Bertz CT molecular complexity index is 918. The van der Waals surface area contributed by atoms with Gasteiger partial charge in [0.05, 0.1) is 18.2 Å². The second-order valence-electron chi connectivity index (χ2n) is 5.55. The highest BCUT2D eigenvalue weighted by Crippen LogP contribution is 2.47. The highest BCUT2D eigenvalue weighted by atomic mass is 19.4. The number of alkyl halides is 3. The number of anilines is 1. The van der Waals surface area contributed by atoms with Crippen molar-refractivity contribution < 1.29 is 27.4 Å². The molecular weight excluding hydrogens is 347 g/mol. The van der Waals surface area contributed by atoms with Crippen LogP contribution in [-0.4, -0.2) is 19.3 Å². The molecule has 0 unspecified atom stereocenters. The highest BCUT2D eigenvalue weighted by Gasteiger charge is 2.32. The summed E-state index contributed by atoms with van der Waals surface area (Å²) in [5.41, 5.74) is -0.0114. The Balaban J connectivity index is 2.23. The van der Waals surface area contributed by atoms with E-state index in [1.807, 2.05) is 0 Å². The third kappa shape index (κ3) is 3.20. The number of benzene rings is 2. The first kappa shape index (κ1) is 17.7. The molecule has 0 spiro atoms. The van der Waals surface area contributed by atoms with Crippen LogP contribution < -0.4 is 10.1 Å². The Morgan fingerprint density at radius 2 is 1.73 bits per heavy atom. The van der Waals surface area contributed by atoms with E-state index in [2.05, 4.69) is 5.32 Å². The van der Waals surface area contributed by atoms with Crippen molar-refractivity contribution in [3.8, 4) is 33.9 Å². The van der Waals surface area contributed by atoms with Crippen molar-refractivity contribution in [1.29, 1.82) is 0 Å². The van der Waals surface area contributed by atoms with Gasteiger partial charge >= 0.3 is 6.18 Å². The third-order valence-electron chi connectivity index (χ3n) is 3.90. The molecule has 0 aliphatic carbocycles. The third-order valence-corrected chi connectivity index (χ3v) is 3.90. The summed E-state index contributed by atoms with van der Waals surface area (Å²) < 4.78 is 50.2. The van der Waals surface area contributed by atoms with Crippen LogP contribution in [0.3, 0.4) is 0 Å². The largest absolute Gasteiger partial charge is 0.504 e. The van der Waals surface area contributed by atoms with Crippen LogP contribution >= 0.6 is 0 Å². The number of hydrogen-bond donors (Lipinski definition) is 2. The number of hydrogen-bond acceptors (Lipinski definition) is 4. The standard InChI is InChI=1S/C19H16F3NO3/c1-23-18-15(16(24)17(26-18)11-6-4-3-5-7-11)12-8-13(19(20,21)22)10-14(9-12)25-2/h3-10,23-24H,1-2H3. The molecule has 0 saturated heterocycles. The first-order valence-corrected chi connectivity index (χ1v) is 7.70. The van der Waals surface area contributed by atoms with Crippen LogP contribution in [0.2, 0.25) is 0 Å².